The molecule has 12 heteroatoms. The van der Waals surface area contributed by atoms with Gasteiger partial charge < -0.3 is 9.26 Å². The molecule has 0 aliphatic heterocycles. The molecule has 0 bridgehead atoms. The van der Waals surface area contributed by atoms with Crippen LogP contribution in [0.2, 0.25) is 0 Å². The molecule has 0 aromatic carbocycles. The Morgan fingerprint density at radius 3 is 2.12 bits per heavy atom. The van der Waals surface area contributed by atoms with Gasteiger partial charge in [0.2, 0.25) is 0 Å². The Morgan fingerprint density at radius 1 is 1.08 bits per heavy atom. The molecule has 0 fully saturated rings. The van der Waals surface area contributed by atoms with Crippen LogP contribution < -0.4 is 0 Å². The highest BCUT2D eigenvalue weighted by Crippen LogP contribution is 2.39. The average molecular weight is 392 g/mol. The van der Waals surface area contributed by atoms with Crippen molar-refractivity contribution in [2.45, 2.75) is 50.4 Å². The van der Waals surface area contributed by atoms with Crippen molar-refractivity contribution >= 4 is 28.2 Å². The number of halogens is 6. The minimum absolute atomic E-state index is 0.198. The molecule has 1 atom stereocenters. The Balaban J connectivity index is 4.35. The Kier molecular flexibility index (Phi) is 8.98. The van der Waals surface area contributed by atoms with Gasteiger partial charge in [0.1, 0.15) is 0 Å². The largest absolute Gasteiger partial charge is 0.465 e. The van der Waals surface area contributed by atoms with Crippen molar-refractivity contribution in [2.75, 3.05) is 6.61 Å². The molecular weight excluding hydrogens is 376 g/mol. The maximum atomic E-state index is 13.4. The predicted molar refractivity (Wildman–Crippen MR) is 79.2 cm³/mol. The molecule has 0 N–H and O–H groups in total. The maximum absolute atomic E-state index is 13.4. The van der Waals surface area contributed by atoms with Crippen molar-refractivity contribution in [3.8, 4) is 0 Å². The van der Waals surface area contributed by atoms with Crippen LogP contribution >= 0.6 is 8.69 Å². The summed E-state index contributed by atoms with van der Waals surface area (Å²) in [5, 5.41) is 0. The van der Waals surface area contributed by atoms with E-state index in [-0.39, 0.29) is 12.5 Å². The van der Waals surface area contributed by atoms with Crippen molar-refractivity contribution in [3.63, 3.8) is 0 Å². The first-order chi connectivity index (χ1) is 11.2. The second-order valence-corrected chi connectivity index (χ2v) is 5.83. The first kappa shape index (κ1) is 23.8. The molecule has 1 unspecified atom stereocenters. The van der Waals surface area contributed by atoms with Gasteiger partial charge in [-0.1, -0.05) is 6.58 Å². The van der Waals surface area contributed by atoms with Crippen LogP contribution in [0.15, 0.2) is 12.2 Å². The fourth-order valence-electron chi connectivity index (χ4n) is 1.72. The SMILES string of the molecule is [B]POC(=O)C(=C)CC(=O)OCCC(F)(F)CC(F)(F)CC(C)(F)F. The van der Waals surface area contributed by atoms with Crippen LogP contribution in [0.25, 0.3) is 0 Å². The standard InChI is InChI=1S/C13H16BF6O4P/c1-8(10(22)24-25-14)5-9(21)23-4-3-12(17,18)7-13(19,20)6-11(2,15)16/h25H,1,3-7H2,2H3. The lowest BCUT2D eigenvalue weighted by molar-refractivity contribution is -0.160. The van der Waals surface area contributed by atoms with Gasteiger partial charge in [0.05, 0.1) is 25.9 Å². The summed E-state index contributed by atoms with van der Waals surface area (Å²) in [5.41, 5.74) is -0.327. The molecular formula is C13H16BF6O4P. The normalized spacial score (nSPS) is 13.1. The van der Waals surface area contributed by atoms with Crippen molar-refractivity contribution in [2.24, 2.45) is 0 Å². The van der Waals surface area contributed by atoms with Gasteiger partial charge in [-0.2, -0.15) is 0 Å². The molecule has 0 saturated carbocycles. The van der Waals surface area contributed by atoms with E-state index in [1.54, 1.807) is 0 Å². The molecule has 0 saturated heterocycles. The maximum Gasteiger partial charge on any atom is 0.335 e. The van der Waals surface area contributed by atoms with Crippen molar-refractivity contribution in [1.82, 2.24) is 0 Å². The summed E-state index contributed by atoms with van der Waals surface area (Å²) in [6.07, 6.45) is -6.06. The van der Waals surface area contributed by atoms with Crippen molar-refractivity contribution in [1.29, 1.82) is 0 Å². The summed E-state index contributed by atoms with van der Waals surface area (Å²) in [4.78, 5) is 22.4. The Labute approximate surface area is 143 Å². The van der Waals surface area contributed by atoms with Gasteiger partial charge in [0.15, 0.2) is 7.57 Å². The van der Waals surface area contributed by atoms with Crippen LogP contribution in [0.1, 0.15) is 32.6 Å². The second-order valence-electron chi connectivity index (χ2n) is 5.39. The molecule has 2 radical (unpaired) electrons. The monoisotopic (exact) mass is 392 g/mol. The highest BCUT2D eigenvalue weighted by atomic mass is 31.1. The number of hydrogen-bond donors (Lipinski definition) is 0. The molecule has 142 valence electrons. The van der Waals surface area contributed by atoms with Gasteiger partial charge in [0.25, 0.3) is 17.8 Å². The van der Waals surface area contributed by atoms with Gasteiger partial charge >= 0.3 is 11.9 Å². The van der Waals surface area contributed by atoms with Crippen LogP contribution in [0.3, 0.4) is 0 Å². The molecule has 0 rings (SSSR count). The molecule has 0 aromatic rings. The lowest BCUT2D eigenvalue weighted by Crippen LogP contribution is -2.34. The molecule has 4 nitrogen and oxygen atoms in total. The smallest absolute Gasteiger partial charge is 0.335 e. The Morgan fingerprint density at radius 2 is 1.64 bits per heavy atom. The van der Waals surface area contributed by atoms with Gasteiger partial charge in [-0.25, -0.2) is 31.1 Å². The van der Waals surface area contributed by atoms with Crippen molar-refractivity contribution in [3.05, 3.63) is 12.2 Å². The molecule has 0 aliphatic rings. The first-order valence-electron chi connectivity index (χ1n) is 6.81. The minimum Gasteiger partial charge on any atom is -0.465 e. The zero-order valence-corrected chi connectivity index (χ0v) is 14.2. The third-order valence-corrected chi connectivity index (χ3v) is 2.92. The summed E-state index contributed by atoms with van der Waals surface area (Å²) in [6.45, 7) is 2.47. The highest BCUT2D eigenvalue weighted by molar-refractivity contribution is 7.62. The molecule has 0 aromatic heterocycles. The van der Waals surface area contributed by atoms with E-state index in [0.717, 1.165) is 0 Å². The van der Waals surface area contributed by atoms with Gasteiger partial charge in [-0.3, -0.25) is 4.79 Å². The lowest BCUT2D eigenvalue weighted by Gasteiger charge is -2.25. The average Bonchev–Trinajstić information content (AvgIpc) is 2.33. The predicted octanol–water partition coefficient (Wildman–Crippen LogP) is 3.79. The molecule has 0 heterocycles. The fourth-order valence-corrected chi connectivity index (χ4v) is 1.97. The number of rotatable bonds is 11. The van der Waals surface area contributed by atoms with Crippen LogP contribution in [-0.2, 0) is 18.8 Å². The molecule has 0 spiro atoms. The molecule has 0 amide bonds. The number of hydrogen-bond acceptors (Lipinski definition) is 4. The Bertz CT molecular complexity index is 495. The highest BCUT2D eigenvalue weighted by Gasteiger charge is 2.47. The van der Waals surface area contributed by atoms with Gasteiger partial charge in [-0.15, -0.1) is 0 Å². The quantitative estimate of drug-likeness (QED) is 0.177. The number of carbonyl (C=O) groups excluding carboxylic acids is 2. The second kappa shape index (κ2) is 9.45. The van der Waals surface area contributed by atoms with E-state index in [4.69, 9.17) is 7.57 Å². The summed E-state index contributed by atoms with van der Waals surface area (Å²) in [6, 6.07) is 0. The third-order valence-electron chi connectivity index (χ3n) is 2.62. The van der Waals surface area contributed by atoms with E-state index in [0.29, 0.717) is 0 Å². The van der Waals surface area contributed by atoms with E-state index in [1.165, 1.54) is 0 Å². The zero-order chi connectivity index (χ0) is 19.9. The van der Waals surface area contributed by atoms with E-state index in [1.807, 2.05) is 0 Å². The van der Waals surface area contributed by atoms with Crippen molar-refractivity contribution < 1.29 is 45.2 Å². The summed E-state index contributed by atoms with van der Waals surface area (Å²) < 4.78 is 87.0. The van der Waals surface area contributed by atoms with Crippen LogP contribution in [0, 0.1) is 0 Å². The van der Waals surface area contributed by atoms with Crippen LogP contribution in [0.4, 0.5) is 26.3 Å². The number of ether oxygens (including phenoxy) is 1. The number of alkyl halides is 6. The summed E-state index contributed by atoms with van der Waals surface area (Å²) >= 11 is 0. The van der Waals surface area contributed by atoms with Crippen LogP contribution in [-0.4, -0.2) is 43.9 Å². The first-order valence-corrected chi connectivity index (χ1v) is 7.80. The van der Waals surface area contributed by atoms with E-state index < -0.39 is 70.7 Å². The summed E-state index contributed by atoms with van der Waals surface area (Å²) in [7, 11) is 4.28. The third kappa shape index (κ3) is 11.9. The Hall–Kier alpha value is -1.25. The van der Waals surface area contributed by atoms with Gasteiger partial charge in [-0.05, 0) is 6.92 Å². The van der Waals surface area contributed by atoms with Crippen LogP contribution in [0.5, 0.6) is 0 Å². The van der Waals surface area contributed by atoms with E-state index >= 15 is 0 Å². The van der Waals surface area contributed by atoms with E-state index in [9.17, 15) is 35.9 Å². The lowest BCUT2D eigenvalue weighted by atomic mass is 10.0. The minimum atomic E-state index is -4.28. The number of carbonyl (C=O) groups is 2. The van der Waals surface area contributed by atoms with Gasteiger partial charge in [0, 0.05) is 20.7 Å². The zero-order valence-electron chi connectivity index (χ0n) is 13.2. The fraction of sp³-hybridized carbons (Fsp3) is 0.692. The molecule has 25 heavy (non-hydrogen) atoms. The topological polar surface area (TPSA) is 52.6 Å². The number of esters is 1. The van der Waals surface area contributed by atoms with E-state index in [2.05, 4.69) is 15.8 Å². The summed E-state index contributed by atoms with van der Waals surface area (Å²) in [5.74, 6) is -14.2. The molecule has 0 aliphatic carbocycles.